The Hall–Kier alpha value is -2.42. The van der Waals surface area contributed by atoms with Crippen molar-refractivity contribution in [2.75, 3.05) is 0 Å². The zero-order chi connectivity index (χ0) is 17.5. The summed E-state index contributed by atoms with van der Waals surface area (Å²) in [4.78, 5) is 12.3. The Kier molecular flexibility index (Phi) is 6.30. The smallest absolute Gasteiger partial charge is 0.267 e. The maximum absolute atomic E-state index is 12.3. The van der Waals surface area contributed by atoms with E-state index in [0.29, 0.717) is 17.4 Å². The monoisotopic (exact) mass is 322 g/mol. The van der Waals surface area contributed by atoms with Crippen LogP contribution in [0.25, 0.3) is 0 Å². The highest BCUT2D eigenvalue weighted by Crippen LogP contribution is 2.15. The molecule has 1 N–H and O–H groups in total. The molecule has 0 fully saturated rings. The van der Waals surface area contributed by atoms with Crippen LogP contribution in [-0.4, -0.2) is 11.6 Å². The molecule has 3 nitrogen and oxygen atoms in total. The first-order valence-electron chi connectivity index (χ1n) is 8.49. The molecule has 2 aromatic rings. The van der Waals surface area contributed by atoms with Crippen LogP contribution in [0.3, 0.4) is 0 Å². The van der Waals surface area contributed by atoms with Crippen LogP contribution in [0.1, 0.15) is 61.5 Å². The van der Waals surface area contributed by atoms with Gasteiger partial charge in [-0.2, -0.15) is 5.10 Å². The van der Waals surface area contributed by atoms with Gasteiger partial charge in [0.1, 0.15) is 0 Å². The zero-order valence-corrected chi connectivity index (χ0v) is 14.9. The van der Waals surface area contributed by atoms with Gasteiger partial charge in [-0.3, -0.25) is 4.79 Å². The normalized spacial score (nSPS) is 11.8. The Morgan fingerprint density at radius 1 is 0.917 bits per heavy atom. The predicted octanol–water partition coefficient (Wildman–Crippen LogP) is 4.99. The lowest BCUT2D eigenvalue weighted by molar-refractivity contribution is 0.0954. The number of carbonyl (C=O) groups is 1. The van der Waals surface area contributed by atoms with Gasteiger partial charge in [0.15, 0.2) is 0 Å². The topological polar surface area (TPSA) is 41.5 Å². The molecule has 126 valence electrons. The van der Waals surface area contributed by atoms with Gasteiger partial charge in [0.25, 0.3) is 5.91 Å². The molecule has 0 aliphatic heterocycles. The summed E-state index contributed by atoms with van der Waals surface area (Å²) in [5.74, 6) is 0.740. The van der Waals surface area contributed by atoms with Crippen LogP contribution in [0.5, 0.6) is 0 Å². The predicted molar refractivity (Wildman–Crippen MR) is 100 cm³/mol. The third-order valence-corrected chi connectivity index (χ3v) is 3.84. The van der Waals surface area contributed by atoms with E-state index in [1.807, 2.05) is 54.6 Å². The van der Waals surface area contributed by atoms with Crippen LogP contribution in [0.2, 0.25) is 0 Å². The molecule has 0 aromatic heterocycles. The Labute approximate surface area is 144 Å². The quantitative estimate of drug-likeness (QED) is 0.591. The van der Waals surface area contributed by atoms with Crippen molar-refractivity contribution in [3.05, 3.63) is 71.3 Å². The highest BCUT2D eigenvalue weighted by Gasteiger charge is 2.09. The molecule has 0 spiro atoms. The number of rotatable bonds is 6. The molecule has 0 aliphatic rings. The van der Waals surface area contributed by atoms with E-state index >= 15 is 0 Å². The molecule has 0 heterocycles. The van der Waals surface area contributed by atoms with Crippen LogP contribution in [0.4, 0.5) is 0 Å². The van der Waals surface area contributed by atoms with Gasteiger partial charge in [-0.25, -0.2) is 5.43 Å². The van der Waals surface area contributed by atoms with E-state index in [4.69, 9.17) is 0 Å². The number of benzene rings is 2. The number of hydrazone groups is 1. The average Bonchev–Trinajstić information content (AvgIpc) is 2.59. The first-order valence-corrected chi connectivity index (χ1v) is 8.49. The molecule has 0 radical (unpaired) electrons. The minimum Gasteiger partial charge on any atom is -0.267 e. The second-order valence-electron chi connectivity index (χ2n) is 6.74. The van der Waals surface area contributed by atoms with Crippen LogP contribution in [-0.2, 0) is 0 Å². The van der Waals surface area contributed by atoms with Crippen molar-refractivity contribution in [3.8, 4) is 0 Å². The number of nitrogens with one attached hydrogen (secondary N) is 1. The number of nitrogens with zero attached hydrogens (tertiary/aromatic N) is 1. The van der Waals surface area contributed by atoms with Gasteiger partial charge in [-0.15, -0.1) is 0 Å². The fraction of sp³-hybridized carbons (Fsp3) is 0.333. The van der Waals surface area contributed by atoms with Crippen molar-refractivity contribution in [2.24, 2.45) is 11.0 Å². The van der Waals surface area contributed by atoms with Crippen molar-refractivity contribution < 1.29 is 4.79 Å². The van der Waals surface area contributed by atoms with E-state index in [2.05, 4.69) is 38.2 Å². The summed E-state index contributed by atoms with van der Waals surface area (Å²) in [6.07, 6.45) is 0.816. The minimum atomic E-state index is -0.178. The van der Waals surface area contributed by atoms with E-state index in [1.54, 1.807) is 0 Å². The third kappa shape index (κ3) is 5.05. The maximum Gasteiger partial charge on any atom is 0.271 e. The Balaban J connectivity index is 2.14. The third-order valence-electron chi connectivity index (χ3n) is 3.84. The summed E-state index contributed by atoms with van der Waals surface area (Å²) in [7, 11) is 0. The molecule has 2 rings (SSSR count). The Morgan fingerprint density at radius 3 is 2.08 bits per heavy atom. The van der Waals surface area contributed by atoms with E-state index < -0.39 is 0 Å². The summed E-state index contributed by atoms with van der Waals surface area (Å²) in [5, 5.41) is 4.39. The molecule has 0 saturated carbocycles. The van der Waals surface area contributed by atoms with Crippen molar-refractivity contribution in [1.29, 1.82) is 0 Å². The highest BCUT2D eigenvalue weighted by molar-refractivity contribution is 6.02. The van der Waals surface area contributed by atoms with Gasteiger partial charge in [0.2, 0.25) is 0 Å². The van der Waals surface area contributed by atoms with Crippen LogP contribution >= 0.6 is 0 Å². The van der Waals surface area contributed by atoms with E-state index in [1.165, 1.54) is 5.56 Å². The van der Waals surface area contributed by atoms with E-state index in [-0.39, 0.29) is 5.91 Å². The highest BCUT2D eigenvalue weighted by atomic mass is 16.2. The lowest BCUT2D eigenvalue weighted by atomic mass is 10.0. The summed E-state index contributed by atoms with van der Waals surface area (Å²) in [6, 6.07) is 17.7. The van der Waals surface area contributed by atoms with Crippen LogP contribution < -0.4 is 5.43 Å². The number of carbonyl (C=O) groups excluding carboxylic acids is 1. The van der Waals surface area contributed by atoms with Gasteiger partial charge in [0, 0.05) is 5.56 Å². The fourth-order valence-corrected chi connectivity index (χ4v) is 2.45. The molecule has 3 heteroatoms. The molecule has 0 atom stereocenters. The van der Waals surface area contributed by atoms with Gasteiger partial charge < -0.3 is 0 Å². The zero-order valence-electron chi connectivity index (χ0n) is 14.9. The molecule has 0 aliphatic carbocycles. The first-order chi connectivity index (χ1) is 11.5. The second-order valence-corrected chi connectivity index (χ2v) is 6.74. The maximum atomic E-state index is 12.3. The van der Waals surface area contributed by atoms with Crippen molar-refractivity contribution in [3.63, 3.8) is 0 Å². The first kappa shape index (κ1) is 17.9. The number of amides is 1. The molecule has 0 unspecified atom stereocenters. The van der Waals surface area contributed by atoms with Crippen molar-refractivity contribution in [1.82, 2.24) is 5.43 Å². The summed E-state index contributed by atoms with van der Waals surface area (Å²) in [6.45, 7) is 8.56. The summed E-state index contributed by atoms with van der Waals surface area (Å²) >= 11 is 0. The molecular formula is C21H26N2O. The lowest BCUT2D eigenvalue weighted by Gasteiger charge is -2.10. The number of hydrogen-bond donors (Lipinski definition) is 1. The standard InChI is InChI=1S/C21H26N2O/c1-15(2)14-20(18-8-6-5-7-9-18)22-23-21(24)19-12-10-17(11-13-19)16(3)4/h5-13,15-16H,14H2,1-4H3,(H,23,24)/b22-20+. The molecule has 0 bridgehead atoms. The fourth-order valence-electron chi connectivity index (χ4n) is 2.45. The molecule has 2 aromatic carbocycles. The Morgan fingerprint density at radius 2 is 1.54 bits per heavy atom. The Bertz CT molecular complexity index is 686. The van der Waals surface area contributed by atoms with Crippen LogP contribution in [0, 0.1) is 5.92 Å². The molecule has 0 saturated heterocycles. The SMILES string of the molecule is CC(C)C/C(=N\NC(=O)c1ccc(C(C)C)cc1)c1ccccc1. The van der Waals surface area contributed by atoms with Crippen LogP contribution in [0.15, 0.2) is 59.7 Å². The van der Waals surface area contributed by atoms with Gasteiger partial charge in [-0.05, 0) is 41.5 Å². The molecule has 1 amide bonds. The van der Waals surface area contributed by atoms with Gasteiger partial charge in [0.05, 0.1) is 5.71 Å². The minimum absolute atomic E-state index is 0.178. The summed E-state index contributed by atoms with van der Waals surface area (Å²) in [5.41, 5.74) is 6.49. The number of hydrogen-bond acceptors (Lipinski definition) is 2. The molecular weight excluding hydrogens is 296 g/mol. The van der Waals surface area contributed by atoms with E-state index in [0.717, 1.165) is 17.7 Å². The summed E-state index contributed by atoms with van der Waals surface area (Å²) < 4.78 is 0. The lowest BCUT2D eigenvalue weighted by Crippen LogP contribution is -2.20. The largest absolute Gasteiger partial charge is 0.271 e. The van der Waals surface area contributed by atoms with Gasteiger partial charge >= 0.3 is 0 Å². The van der Waals surface area contributed by atoms with Gasteiger partial charge in [-0.1, -0.05) is 70.2 Å². The molecule has 24 heavy (non-hydrogen) atoms. The second kappa shape index (κ2) is 8.44. The van der Waals surface area contributed by atoms with E-state index in [9.17, 15) is 4.79 Å². The average molecular weight is 322 g/mol. The van der Waals surface area contributed by atoms with Crippen molar-refractivity contribution >= 4 is 11.6 Å². The van der Waals surface area contributed by atoms with Crippen molar-refractivity contribution in [2.45, 2.75) is 40.0 Å².